The minimum absolute atomic E-state index is 0.0702. The van der Waals surface area contributed by atoms with E-state index in [1.165, 1.54) is 0 Å². The Balaban J connectivity index is 2.44. The summed E-state index contributed by atoms with van der Waals surface area (Å²) in [6, 6.07) is 5.26. The summed E-state index contributed by atoms with van der Waals surface area (Å²) in [4.78, 5) is 11.6. The maximum Gasteiger partial charge on any atom is 0.315 e. The Hall–Kier alpha value is -1.42. The van der Waals surface area contributed by atoms with Crippen LogP contribution in [0, 0.1) is 5.41 Å². The molecule has 5 heteroatoms. The highest BCUT2D eigenvalue weighted by atomic mass is 35.5. The van der Waals surface area contributed by atoms with Gasteiger partial charge in [0.05, 0.1) is 12.1 Å². The van der Waals surface area contributed by atoms with Crippen molar-refractivity contribution in [3.05, 3.63) is 28.8 Å². The third-order valence-corrected chi connectivity index (χ3v) is 2.74. The van der Waals surface area contributed by atoms with E-state index in [1.807, 2.05) is 6.07 Å². The highest BCUT2D eigenvalue weighted by Gasteiger charge is 2.11. The molecular formula is C14H21ClN2O2. The van der Waals surface area contributed by atoms with Gasteiger partial charge < -0.3 is 15.4 Å². The molecule has 0 bridgehead atoms. The molecule has 0 saturated carbocycles. The van der Waals surface area contributed by atoms with Crippen LogP contribution in [-0.2, 0) is 6.54 Å². The number of carbonyl (C=O) groups excluding carboxylic acids is 1. The van der Waals surface area contributed by atoms with Gasteiger partial charge in [-0.25, -0.2) is 4.79 Å². The minimum Gasteiger partial charge on any atom is -0.495 e. The van der Waals surface area contributed by atoms with Crippen LogP contribution in [0.4, 0.5) is 4.79 Å². The van der Waals surface area contributed by atoms with Crippen molar-refractivity contribution in [2.45, 2.75) is 27.3 Å². The molecule has 0 unspecified atom stereocenters. The molecule has 0 saturated heterocycles. The van der Waals surface area contributed by atoms with Crippen molar-refractivity contribution >= 4 is 17.6 Å². The van der Waals surface area contributed by atoms with Gasteiger partial charge in [-0.1, -0.05) is 38.4 Å². The predicted molar refractivity (Wildman–Crippen MR) is 77.7 cm³/mol. The van der Waals surface area contributed by atoms with E-state index in [0.717, 1.165) is 5.56 Å². The number of urea groups is 1. The zero-order chi connectivity index (χ0) is 14.5. The predicted octanol–water partition coefficient (Wildman–Crippen LogP) is 3.19. The van der Waals surface area contributed by atoms with Gasteiger partial charge in [0.15, 0.2) is 0 Å². The molecule has 1 aromatic rings. The van der Waals surface area contributed by atoms with Crippen molar-refractivity contribution in [1.82, 2.24) is 10.6 Å². The van der Waals surface area contributed by atoms with Crippen LogP contribution in [0.5, 0.6) is 5.75 Å². The number of halogens is 1. The lowest BCUT2D eigenvalue weighted by Gasteiger charge is -2.19. The number of hydrogen-bond acceptors (Lipinski definition) is 2. The summed E-state index contributed by atoms with van der Waals surface area (Å²) >= 11 is 6.01. The number of rotatable bonds is 4. The third-order valence-electron chi connectivity index (χ3n) is 2.45. The molecule has 0 aliphatic heterocycles. The summed E-state index contributed by atoms with van der Waals surface area (Å²) in [6.45, 7) is 7.26. The van der Waals surface area contributed by atoms with Crippen molar-refractivity contribution in [1.29, 1.82) is 0 Å². The lowest BCUT2D eigenvalue weighted by molar-refractivity contribution is 0.235. The molecular weight excluding hydrogens is 264 g/mol. The number of carbonyl (C=O) groups is 1. The van der Waals surface area contributed by atoms with E-state index in [0.29, 0.717) is 23.9 Å². The van der Waals surface area contributed by atoms with E-state index in [4.69, 9.17) is 16.3 Å². The number of hydrogen-bond donors (Lipinski definition) is 2. The molecule has 4 nitrogen and oxygen atoms in total. The Labute approximate surface area is 119 Å². The molecule has 19 heavy (non-hydrogen) atoms. The smallest absolute Gasteiger partial charge is 0.315 e. The van der Waals surface area contributed by atoms with E-state index >= 15 is 0 Å². The Kier molecular flexibility index (Phi) is 5.48. The molecule has 1 rings (SSSR count). The second kappa shape index (κ2) is 6.66. The van der Waals surface area contributed by atoms with Gasteiger partial charge in [0.1, 0.15) is 5.75 Å². The first-order valence-corrected chi connectivity index (χ1v) is 6.54. The molecule has 1 aromatic carbocycles. The molecule has 0 fully saturated rings. The largest absolute Gasteiger partial charge is 0.495 e. The lowest BCUT2D eigenvalue weighted by atomic mass is 9.97. The monoisotopic (exact) mass is 284 g/mol. The number of ether oxygens (including phenoxy) is 1. The fraction of sp³-hybridized carbons (Fsp3) is 0.500. The molecule has 0 aromatic heterocycles. The summed E-state index contributed by atoms with van der Waals surface area (Å²) in [7, 11) is 1.57. The lowest BCUT2D eigenvalue weighted by Crippen LogP contribution is -2.39. The van der Waals surface area contributed by atoms with Gasteiger partial charge in [-0.2, -0.15) is 0 Å². The van der Waals surface area contributed by atoms with Gasteiger partial charge in [0, 0.05) is 13.1 Å². The standard InChI is InChI=1S/C14H21ClN2O2/c1-14(2,3)9-17-13(18)16-8-10-5-6-12(19-4)11(15)7-10/h5-7H,8-9H2,1-4H3,(H2,16,17,18). The van der Waals surface area contributed by atoms with Crippen LogP contribution in [0.1, 0.15) is 26.3 Å². The number of nitrogens with one attached hydrogen (secondary N) is 2. The molecule has 0 aliphatic rings. The van der Waals surface area contributed by atoms with Crippen molar-refractivity contribution in [2.24, 2.45) is 5.41 Å². The van der Waals surface area contributed by atoms with E-state index in [9.17, 15) is 4.79 Å². The first-order chi connectivity index (χ1) is 8.81. The van der Waals surface area contributed by atoms with Crippen LogP contribution >= 0.6 is 11.6 Å². The Bertz CT molecular complexity index is 442. The molecule has 0 aliphatic carbocycles. The average Bonchev–Trinajstić information content (AvgIpc) is 2.33. The van der Waals surface area contributed by atoms with E-state index in [-0.39, 0.29) is 11.4 Å². The van der Waals surface area contributed by atoms with Crippen molar-refractivity contribution < 1.29 is 9.53 Å². The topological polar surface area (TPSA) is 50.4 Å². The SMILES string of the molecule is COc1ccc(CNC(=O)NCC(C)(C)C)cc1Cl. The zero-order valence-corrected chi connectivity index (χ0v) is 12.6. The van der Waals surface area contributed by atoms with E-state index < -0.39 is 0 Å². The first kappa shape index (κ1) is 15.6. The van der Waals surface area contributed by atoms with Crippen LogP contribution < -0.4 is 15.4 Å². The Morgan fingerprint density at radius 1 is 1.32 bits per heavy atom. The van der Waals surface area contributed by atoms with Crippen molar-refractivity contribution in [3.8, 4) is 5.75 Å². The molecule has 2 amide bonds. The van der Waals surface area contributed by atoms with E-state index in [1.54, 1.807) is 19.2 Å². The molecule has 0 spiro atoms. The highest BCUT2D eigenvalue weighted by Crippen LogP contribution is 2.24. The number of benzene rings is 1. The fourth-order valence-electron chi connectivity index (χ4n) is 1.41. The second-order valence-electron chi connectivity index (χ2n) is 5.57. The van der Waals surface area contributed by atoms with Crippen LogP contribution in [0.2, 0.25) is 5.02 Å². The van der Waals surface area contributed by atoms with Gasteiger partial charge in [-0.3, -0.25) is 0 Å². The van der Waals surface area contributed by atoms with Crippen molar-refractivity contribution in [2.75, 3.05) is 13.7 Å². The Morgan fingerprint density at radius 3 is 2.53 bits per heavy atom. The summed E-state index contributed by atoms with van der Waals surface area (Å²) in [5.41, 5.74) is 0.998. The second-order valence-corrected chi connectivity index (χ2v) is 5.97. The summed E-state index contributed by atoms with van der Waals surface area (Å²) in [5, 5.41) is 6.15. The summed E-state index contributed by atoms with van der Waals surface area (Å²) in [5.74, 6) is 0.627. The number of amides is 2. The van der Waals surface area contributed by atoms with Gasteiger partial charge in [0.2, 0.25) is 0 Å². The molecule has 2 N–H and O–H groups in total. The van der Waals surface area contributed by atoms with Crippen LogP contribution in [0.3, 0.4) is 0 Å². The first-order valence-electron chi connectivity index (χ1n) is 6.16. The van der Waals surface area contributed by atoms with Crippen LogP contribution in [0.15, 0.2) is 18.2 Å². The van der Waals surface area contributed by atoms with Crippen molar-refractivity contribution in [3.63, 3.8) is 0 Å². The molecule has 106 valence electrons. The molecule has 0 radical (unpaired) electrons. The number of methoxy groups -OCH3 is 1. The summed E-state index contributed by atoms with van der Waals surface area (Å²) < 4.78 is 5.07. The van der Waals surface area contributed by atoms with Crippen LogP contribution in [-0.4, -0.2) is 19.7 Å². The van der Waals surface area contributed by atoms with Gasteiger partial charge in [-0.05, 0) is 23.1 Å². The van der Waals surface area contributed by atoms with Crippen LogP contribution in [0.25, 0.3) is 0 Å². The summed E-state index contributed by atoms with van der Waals surface area (Å²) in [6.07, 6.45) is 0. The average molecular weight is 285 g/mol. The molecule has 0 atom stereocenters. The van der Waals surface area contributed by atoms with Gasteiger partial charge >= 0.3 is 6.03 Å². The minimum atomic E-state index is -0.179. The maximum atomic E-state index is 11.6. The molecule has 0 heterocycles. The zero-order valence-electron chi connectivity index (χ0n) is 11.8. The Morgan fingerprint density at radius 2 is 2.00 bits per heavy atom. The highest BCUT2D eigenvalue weighted by molar-refractivity contribution is 6.32. The van der Waals surface area contributed by atoms with Gasteiger partial charge in [-0.15, -0.1) is 0 Å². The fourth-order valence-corrected chi connectivity index (χ4v) is 1.69. The maximum absolute atomic E-state index is 11.6. The van der Waals surface area contributed by atoms with Gasteiger partial charge in [0.25, 0.3) is 0 Å². The third kappa shape index (κ3) is 5.83. The quantitative estimate of drug-likeness (QED) is 0.892. The normalized spacial score (nSPS) is 11.0. The van der Waals surface area contributed by atoms with E-state index in [2.05, 4.69) is 31.4 Å².